The third-order valence-corrected chi connectivity index (χ3v) is 4.54. The van der Waals surface area contributed by atoms with E-state index in [0.717, 1.165) is 10.5 Å². The molecule has 9 nitrogen and oxygen atoms in total. The van der Waals surface area contributed by atoms with Gasteiger partial charge in [-0.15, -0.1) is 0 Å². The molecule has 2 rings (SSSR count). The Bertz CT molecular complexity index is 836. The Balaban J connectivity index is 1.95. The number of imide groups is 1. The first-order valence-electron chi connectivity index (χ1n) is 9.66. The fraction of sp³-hybridized carbons (Fsp3) is 0.429. The van der Waals surface area contributed by atoms with Crippen molar-refractivity contribution in [2.75, 3.05) is 26.2 Å². The number of benzene rings is 1. The van der Waals surface area contributed by atoms with Gasteiger partial charge in [0.05, 0.1) is 0 Å². The molecule has 1 unspecified atom stereocenters. The van der Waals surface area contributed by atoms with Gasteiger partial charge in [-0.3, -0.25) is 19.3 Å². The number of ether oxygens (including phenoxy) is 1. The molecule has 5 amide bonds. The molecule has 1 aromatic carbocycles. The minimum atomic E-state index is -1.27. The Morgan fingerprint density at radius 2 is 1.77 bits per heavy atom. The standard InChI is InChI=1S/C21H28N4O5/c1-14(2)13-30-17-8-6-16(7-9-17)21(4)19(28)25(20(29)24-21)12-18(27)23-11-5-10-22-15(3)26/h6-9H,1,5,10-13H2,2-4H3,(H,22,26)(H,23,27)(H,24,29). The molecule has 0 bridgehead atoms. The number of carbonyl (C=O) groups is 4. The third-order valence-electron chi connectivity index (χ3n) is 4.54. The second-order valence-electron chi connectivity index (χ2n) is 7.40. The van der Waals surface area contributed by atoms with Gasteiger partial charge in [-0.2, -0.15) is 0 Å². The van der Waals surface area contributed by atoms with Crippen LogP contribution < -0.4 is 20.7 Å². The van der Waals surface area contributed by atoms with Crippen molar-refractivity contribution in [2.24, 2.45) is 0 Å². The van der Waals surface area contributed by atoms with Gasteiger partial charge in [-0.25, -0.2) is 4.79 Å². The smallest absolute Gasteiger partial charge is 0.325 e. The lowest BCUT2D eigenvalue weighted by molar-refractivity contribution is -0.134. The maximum absolute atomic E-state index is 12.9. The van der Waals surface area contributed by atoms with Gasteiger partial charge < -0.3 is 20.7 Å². The molecular formula is C21H28N4O5. The zero-order chi connectivity index (χ0) is 22.3. The summed E-state index contributed by atoms with van der Waals surface area (Å²) in [5, 5.41) is 7.92. The number of rotatable bonds is 10. The summed E-state index contributed by atoms with van der Waals surface area (Å²) in [7, 11) is 0. The first-order valence-corrected chi connectivity index (χ1v) is 9.66. The SMILES string of the molecule is C=C(C)COc1ccc(C2(C)NC(=O)N(CC(=O)NCCCNC(C)=O)C2=O)cc1. The van der Waals surface area contributed by atoms with E-state index in [-0.39, 0.29) is 12.5 Å². The second kappa shape index (κ2) is 9.91. The number of nitrogens with zero attached hydrogens (tertiary/aromatic N) is 1. The Morgan fingerprint density at radius 3 is 2.37 bits per heavy atom. The molecule has 3 N–H and O–H groups in total. The van der Waals surface area contributed by atoms with E-state index in [1.54, 1.807) is 31.2 Å². The molecule has 1 aliphatic heterocycles. The van der Waals surface area contributed by atoms with E-state index in [1.165, 1.54) is 6.92 Å². The van der Waals surface area contributed by atoms with Crippen molar-refractivity contribution < 1.29 is 23.9 Å². The van der Waals surface area contributed by atoms with Crippen LogP contribution in [0.5, 0.6) is 5.75 Å². The van der Waals surface area contributed by atoms with E-state index in [0.29, 0.717) is 37.4 Å². The number of carbonyl (C=O) groups excluding carboxylic acids is 4. The van der Waals surface area contributed by atoms with Crippen molar-refractivity contribution in [3.8, 4) is 5.75 Å². The van der Waals surface area contributed by atoms with E-state index in [1.807, 2.05) is 6.92 Å². The predicted octanol–water partition coefficient (Wildman–Crippen LogP) is 1.05. The van der Waals surface area contributed by atoms with Crippen LogP contribution in [0, 0.1) is 0 Å². The van der Waals surface area contributed by atoms with Crippen LogP contribution >= 0.6 is 0 Å². The van der Waals surface area contributed by atoms with Crippen LogP contribution in [0.15, 0.2) is 36.4 Å². The van der Waals surface area contributed by atoms with Gasteiger partial charge in [0.2, 0.25) is 11.8 Å². The van der Waals surface area contributed by atoms with Crippen LogP contribution in [0.2, 0.25) is 0 Å². The molecule has 0 radical (unpaired) electrons. The molecule has 1 fully saturated rings. The predicted molar refractivity (Wildman–Crippen MR) is 111 cm³/mol. The van der Waals surface area contributed by atoms with Crippen molar-refractivity contribution in [2.45, 2.75) is 32.7 Å². The molecule has 1 atom stereocenters. The summed E-state index contributed by atoms with van der Waals surface area (Å²) in [5.74, 6) is -0.474. The maximum Gasteiger partial charge on any atom is 0.325 e. The van der Waals surface area contributed by atoms with Crippen LogP contribution in [0.25, 0.3) is 0 Å². The summed E-state index contributed by atoms with van der Waals surface area (Å²) in [6, 6.07) is 6.22. The van der Waals surface area contributed by atoms with E-state index in [2.05, 4.69) is 22.5 Å². The normalized spacial score (nSPS) is 18.0. The Labute approximate surface area is 175 Å². The number of urea groups is 1. The first-order chi connectivity index (χ1) is 14.1. The summed E-state index contributed by atoms with van der Waals surface area (Å²) in [6.45, 7) is 9.42. The lowest BCUT2D eigenvalue weighted by Gasteiger charge is -2.22. The molecule has 1 aliphatic rings. The molecule has 9 heteroatoms. The van der Waals surface area contributed by atoms with Crippen molar-refractivity contribution in [1.82, 2.24) is 20.9 Å². The van der Waals surface area contributed by atoms with Crippen molar-refractivity contribution in [3.05, 3.63) is 42.0 Å². The molecule has 0 aliphatic carbocycles. The summed E-state index contributed by atoms with van der Waals surface area (Å²) < 4.78 is 5.55. The Morgan fingerprint density at radius 1 is 1.13 bits per heavy atom. The van der Waals surface area contributed by atoms with Gasteiger partial charge in [0.15, 0.2) is 0 Å². The largest absolute Gasteiger partial charge is 0.489 e. The van der Waals surface area contributed by atoms with E-state index in [9.17, 15) is 19.2 Å². The molecule has 30 heavy (non-hydrogen) atoms. The maximum atomic E-state index is 12.9. The summed E-state index contributed by atoms with van der Waals surface area (Å²) in [4.78, 5) is 49.0. The monoisotopic (exact) mass is 416 g/mol. The van der Waals surface area contributed by atoms with Gasteiger partial charge in [0, 0.05) is 20.0 Å². The van der Waals surface area contributed by atoms with Gasteiger partial charge in [0.25, 0.3) is 5.91 Å². The topological polar surface area (TPSA) is 117 Å². The van der Waals surface area contributed by atoms with Crippen LogP contribution in [-0.4, -0.2) is 54.9 Å². The lowest BCUT2D eigenvalue weighted by Crippen LogP contribution is -2.43. The minimum Gasteiger partial charge on any atom is -0.489 e. The highest BCUT2D eigenvalue weighted by atomic mass is 16.5. The highest BCUT2D eigenvalue weighted by Gasteiger charge is 2.49. The highest BCUT2D eigenvalue weighted by Crippen LogP contribution is 2.30. The van der Waals surface area contributed by atoms with E-state index >= 15 is 0 Å². The molecule has 1 aromatic rings. The molecule has 162 valence electrons. The first kappa shape index (κ1) is 22.9. The number of hydrogen-bond donors (Lipinski definition) is 3. The van der Waals surface area contributed by atoms with Crippen LogP contribution in [0.3, 0.4) is 0 Å². The van der Waals surface area contributed by atoms with Gasteiger partial charge >= 0.3 is 6.03 Å². The van der Waals surface area contributed by atoms with Gasteiger partial charge in [-0.05, 0) is 43.5 Å². The molecule has 0 spiro atoms. The summed E-state index contributed by atoms with van der Waals surface area (Å²) in [6.07, 6.45) is 0.545. The fourth-order valence-electron chi connectivity index (χ4n) is 2.91. The van der Waals surface area contributed by atoms with Gasteiger partial charge in [0.1, 0.15) is 24.4 Å². The average molecular weight is 416 g/mol. The fourth-order valence-corrected chi connectivity index (χ4v) is 2.91. The summed E-state index contributed by atoms with van der Waals surface area (Å²) >= 11 is 0. The zero-order valence-corrected chi connectivity index (χ0v) is 17.5. The lowest BCUT2D eigenvalue weighted by atomic mass is 9.92. The van der Waals surface area contributed by atoms with Crippen LogP contribution in [0.4, 0.5) is 4.79 Å². The zero-order valence-electron chi connectivity index (χ0n) is 17.5. The Hall–Kier alpha value is -3.36. The molecular weight excluding hydrogens is 388 g/mol. The molecule has 0 saturated carbocycles. The number of nitrogens with one attached hydrogen (secondary N) is 3. The average Bonchev–Trinajstić information content (AvgIpc) is 2.90. The van der Waals surface area contributed by atoms with Crippen molar-refractivity contribution >= 4 is 23.8 Å². The van der Waals surface area contributed by atoms with E-state index in [4.69, 9.17) is 4.74 Å². The molecule has 0 aromatic heterocycles. The second-order valence-corrected chi connectivity index (χ2v) is 7.40. The highest BCUT2D eigenvalue weighted by molar-refractivity contribution is 6.09. The van der Waals surface area contributed by atoms with Crippen molar-refractivity contribution in [3.63, 3.8) is 0 Å². The summed E-state index contributed by atoms with van der Waals surface area (Å²) in [5.41, 5.74) is 0.199. The van der Waals surface area contributed by atoms with Crippen molar-refractivity contribution in [1.29, 1.82) is 0 Å². The minimum absolute atomic E-state index is 0.143. The van der Waals surface area contributed by atoms with E-state index < -0.39 is 23.4 Å². The quantitative estimate of drug-likeness (QED) is 0.299. The Kier molecular flexibility index (Phi) is 7.57. The number of amides is 5. The van der Waals surface area contributed by atoms with Crippen LogP contribution in [-0.2, 0) is 19.9 Å². The van der Waals surface area contributed by atoms with Gasteiger partial charge in [-0.1, -0.05) is 18.7 Å². The third kappa shape index (κ3) is 5.82. The number of hydrogen-bond acceptors (Lipinski definition) is 5. The molecule has 1 heterocycles. The molecule has 1 saturated heterocycles. The van der Waals surface area contributed by atoms with Crippen LogP contribution in [0.1, 0.15) is 32.8 Å².